The van der Waals surface area contributed by atoms with E-state index in [4.69, 9.17) is 4.74 Å². The zero-order chi connectivity index (χ0) is 11.4. The Bertz CT molecular complexity index is 346. The molecule has 0 radical (unpaired) electrons. The lowest BCUT2D eigenvalue weighted by Gasteiger charge is -2.27. The molecule has 0 aromatic heterocycles. The summed E-state index contributed by atoms with van der Waals surface area (Å²) in [5.41, 5.74) is 1.31. The van der Waals surface area contributed by atoms with Crippen LogP contribution in [0, 0.1) is 0 Å². The second-order valence-electron chi connectivity index (χ2n) is 4.40. The smallest absolute Gasteiger partial charge is 0.0783 e. The van der Waals surface area contributed by atoms with Gasteiger partial charge in [0.2, 0.25) is 0 Å². The fourth-order valence-electron chi connectivity index (χ4n) is 2.18. The first kappa shape index (κ1) is 12.6. The molecule has 3 heteroatoms. The molecule has 1 aromatic carbocycles. The molecule has 0 atom stereocenters. The average Bonchev–Trinajstić information content (AvgIpc) is 2.78. The summed E-state index contributed by atoms with van der Waals surface area (Å²) in [5, 5.41) is 0.949. The molecule has 0 heterocycles. The van der Waals surface area contributed by atoms with Crippen LogP contribution < -0.4 is 0 Å². The molecule has 0 spiro atoms. The average molecular weight is 348 g/mol. The van der Waals surface area contributed by atoms with Crippen molar-refractivity contribution in [1.29, 1.82) is 0 Å². The van der Waals surface area contributed by atoms with Gasteiger partial charge in [-0.05, 0) is 24.5 Å². The van der Waals surface area contributed by atoms with E-state index < -0.39 is 0 Å². The third kappa shape index (κ3) is 2.88. The molecule has 1 fully saturated rings. The predicted octanol–water partition coefficient (Wildman–Crippen LogP) is 4.67. The van der Waals surface area contributed by atoms with Crippen LogP contribution in [0.3, 0.4) is 0 Å². The summed E-state index contributed by atoms with van der Waals surface area (Å²) in [6, 6.07) is 8.26. The second kappa shape index (κ2) is 5.65. The van der Waals surface area contributed by atoms with Gasteiger partial charge in [0.15, 0.2) is 0 Å². The first-order valence-corrected chi connectivity index (χ1v) is 7.61. The molecule has 0 unspecified atom stereocenters. The van der Waals surface area contributed by atoms with Gasteiger partial charge < -0.3 is 4.74 Å². The van der Waals surface area contributed by atoms with Gasteiger partial charge in [0.1, 0.15) is 0 Å². The van der Waals surface area contributed by atoms with Gasteiger partial charge in [-0.1, -0.05) is 62.9 Å². The summed E-state index contributed by atoms with van der Waals surface area (Å²) < 4.78 is 7.27. The summed E-state index contributed by atoms with van der Waals surface area (Å²) in [6.45, 7) is 0.701. The van der Waals surface area contributed by atoms with Crippen molar-refractivity contribution in [2.24, 2.45) is 0 Å². The number of hydrogen-bond donors (Lipinski definition) is 0. The van der Waals surface area contributed by atoms with E-state index in [1.807, 2.05) is 6.07 Å². The topological polar surface area (TPSA) is 9.23 Å². The van der Waals surface area contributed by atoms with E-state index in [-0.39, 0.29) is 5.60 Å². The highest BCUT2D eigenvalue weighted by molar-refractivity contribution is 9.10. The minimum atomic E-state index is 0.0787. The van der Waals surface area contributed by atoms with Gasteiger partial charge in [0.25, 0.3) is 0 Å². The molecule has 0 aliphatic heterocycles. The molecule has 2 rings (SSSR count). The SMILES string of the molecule is BrCC1(OCc2ccccc2Br)CCCC1. The summed E-state index contributed by atoms with van der Waals surface area (Å²) >= 11 is 7.14. The first-order chi connectivity index (χ1) is 7.76. The first-order valence-electron chi connectivity index (χ1n) is 5.69. The normalized spacial score (nSPS) is 18.9. The minimum Gasteiger partial charge on any atom is -0.369 e. The number of benzene rings is 1. The lowest BCUT2D eigenvalue weighted by molar-refractivity contribution is -0.0332. The Balaban J connectivity index is 1.98. The molecule has 1 aliphatic rings. The predicted molar refractivity (Wildman–Crippen MR) is 73.9 cm³/mol. The Labute approximate surface area is 114 Å². The maximum atomic E-state index is 6.13. The van der Waals surface area contributed by atoms with E-state index in [0.29, 0.717) is 6.61 Å². The number of alkyl halides is 1. The Kier molecular flexibility index (Phi) is 4.45. The molecule has 0 amide bonds. The minimum absolute atomic E-state index is 0.0787. The molecule has 0 N–H and O–H groups in total. The second-order valence-corrected chi connectivity index (χ2v) is 5.82. The number of halogens is 2. The summed E-state index contributed by atoms with van der Waals surface area (Å²) in [6.07, 6.45) is 4.95. The van der Waals surface area contributed by atoms with Crippen LogP contribution >= 0.6 is 31.9 Å². The maximum Gasteiger partial charge on any atom is 0.0783 e. The maximum absolute atomic E-state index is 6.13. The highest BCUT2D eigenvalue weighted by Crippen LogP contribution is 2.35. The van der Waals surface area contributed by atoms with Crippen molar-refractivity contribution in [3.63, 3.8) is 0 Å². The molecule has 16 heavy (non-hydrogen) atoms. The zero-order valence-corrected chi connectivity index (χ0v) is 12.4. The third-order valence-corrected chi connectivity index (χ3v) is 5.05. The highest BCUT2D eigenvalue weighted by atomic mass is 79.9. The Morgan fingerprint density at radius 2 is 1.88 bits per heavy atom. The van der Waals surface area contributed by atoms with E-state index in [2.05, 4.69) is 50.1 Å². The van der Waals surface area contributed by atoms with Crippen LogP contribution in [0.15, 0.2) is 28.7 Å². The van der Waals surface area contributed by atoms with Crippen molar-refractivity contribution in [2.75, 3.05) is 5.33 Å². The molecular weight excluding hydrogens is 332 g/mol. The number of rotatable bonds is 4. The zero-order valence-electron chi connectivity index (χ0n) is 9.22. The molecule has 1 aliphatic carbocycles. The molecular formula is C13H16Br2O. The fourth-order valence-corrected chi connectivity index (χ4v) is 3.30. The van der Waals surface area contributed by atoms with Gasteiger partial charge in [-0.2, -0.15) is 0 Å². The van der Waals surface area contributed by atoms with Crippen molar-refractivity contribution in [2.45, 2.75) is 37.9 Å². The van der Waals surface area contributed by atoms with Crippen LogP contribution in [0.1, 0.15) is 31.2 Å². The standard InChI is InChI=1S/C13H16Br2O/c14-10-13(7-3-4-8-13)16-9-11-5-1-2-6-12(11)15/h1-2,5-6H,3-4,7-10H2. The van der Waals surface area contributed by atoms with Crippen LogP contribution in [0.5, 0.6) is 0 Å². The van der Waals surface area contributed by atoms with E-state index in [1.54, 1.807) is 0 Å². The summed E-state index contributed by atoms with van der Waals surface area (Å²) in [4.78, 5) is 0. The van der Waals surface area contributed by atoms with E-state index >= 15 is 0 Å². The molecule has 1 saturated carbocycles. The largest absolute Gasteiger partial charge is 0.369 e. The Hall–Kier alpha value is 0.140. The Morgan fingerprint density at radius 3 is 2.50 bits per heavy atom. The quantitative estimate of drug-likeness (QED) is 0.719. The van der Waals surface area contributed by atoms with Gasteiger partial charge in [-0.25, -0.2) is 0 Å². The van der Waals surface area contributed by atoms with Crippen LogP contribution in [0.4, 0.5) is 0 Å². The van der Waals surface area contributed by atoms with E-state index in [1.165, 1.54) is 31.2 Å². The Morgan fingerprint density at radius 1 is 1.19 bits per heavy atom. The monoisotopic (exact) mass is 346 g/mol. The van der Waals surface area contributed by atoms with Crippen molar-refractivity contribution < 1.29 is 4.74 Å². The van der Waals surface area contributed by atoms with Crippen LogP contribution in [0.2, 0.25) is 0 Å². The summed E-state index contributed by atoms with van der Waals surface area (Å²) in [7, 11) is 0. The fraction of sp³-hybridized carbons (Fsp3) is 0.538. The van der Waals surface area contributed by atoms with Gasteiger partial charge in [0.05, 0.1) is 12.2 Å². The number of ether oxygens (including phenoxy) is 1. The highest BCUT2D eigenvalue weighted by Gasteiger charge is 2.33. The van der Waals surface area contributed by atoms with Crippen molar-refractivity contribution >= 4 is 31.9 Å². The molecule has 0 saturated heterocycles. The van der Waals surface area contributed by atoms with Gasteiger partial charge in [-0.15, -0.1) is 0 Å². The lowest BCUT2D eigenvalue weighted by Crippen LogP contribution is -2.30. The molecule has 1 aromatic rings. The van der Waals surface area contributed by atoms with E-state index in [9.17, 15) is 0 Å². The van der Waals surface area contributed by atoms with Gasteiger partial charge in [-0.3, -0.25) is 0 Å². The van der Waals surface area contributed by atoms with Crippen LogP contribution in [-0.4, -0.2) is 10.9 Å². The van der Waals surface area contributed by atoms with Gasteiger partial charge >= 0.3 is 0 Å². The van der Waals surface area contributed by atoms with Crippen molar-refractivity contribution in [3.8, 4) is 0 Å². The van der Waals surface area contributed by atoms with Crippen LogP contribution in [0.25, 0.3) is 0 Å². The van der Waals surface area contributed by atoms with Crippen molar-refractivity contribution in [3.05, 3.63) is 34.3 Å². The number of hydrogen-bond acceptors (Lipinski definition) is 1. The van der Waals surface area contributed by atoms with Gasteiger partial charge in [0, 0.05) is 9.80 Å². The van der Waals surface area contributed by atoms with E-state index in [0.717, 1.165) is 9.80 Å². The molecule has 88 valence electrons. The third-order valence-electron chi connectivity index (χ3n) is 3.25. The lowest BCUT2D eigenvalue weighted by atomic mass is 10.1. The molecule has 1 nitrogen and oxygen atoms in total. The molecule has 0 bridgehead atoms. The van der Waals surface area contributed by atoms with Crippen LogP contribution in [-0.2, 0) is 11.3 Å². The summed E-state index contributed by atoms with van der Waals surface area (Å²) in [5.74, 6) is 0. The van der Waals surface area contributed by atoms with Crippen molar-refractivity contribution in [1.82, 2.24) is 0 Å².